The van der Waals surface area contributed by atoms with Gasteiger partial charge in [-0.1, -0.05) is 18.2 Å². The molecule has 0 bridgehead atoms. The fraction of sp³-hybridized carbons (Fsp3) is 0.143. The summed E-state index contributed by atoms with van der Waals surface area (Å²) < 4.78 is 4.91. The molecule has 1 aromatic carbocycles. The van der Waals surface area contributed by atoms with Crippen LogP contribution in [0.2, 0.25) is 0 Å². The van der Waals surface area contributed by atoms with Crippen LogP contribution in [-0.4, -0.2) is 7.11 Å². The Morgan fingerprint density at radius 2 is 1.67 bits per heavy atom. The van der Waals surface area contributed by atoms with Gasteiger partial charge >= 0.3 is 0 Å². The molecule has 0 aliphatic heterocycles. The van der Waals surface area contributed by atoms with Crippen LogP contribution in [0.15, 0.2) is 30.3 Å². The molecule has 1 rings (SSSR count). The van der Waals surface area contributed by atoms with Crippen molar-refractivity contribution in [3.8, 4) is 5.75 Å². The first kappa shape index (κ1) is 8.55. The molecule has 0 saturated heterocycles. The van der Waals surface area contributed by atoms with Crippen LogP contribution in [0.5, 0.6) is 5.75 Å². The topological polar surface area (TPSA) is 9.23 Å². The molecule has 0 unspecified atom stereocenters. The summed E-state index contributed by atoms with van der Waals surface area (Å²) in [6, 6.07) is 9.68. The molecular weight excluding hydrogens is 152 g/mol. The summed E-state index contributed by atoms with van der Waals surface area (Å²) in [5.74, 6) is 0.910. The van der Waals surface area contributed by atoms with Crippen LogP contribution in [-0.2, 0) is 17.4 Å². The third-order valence-corrected chi connectivity index (χ3v) is 0.979. The van der Waals surface area contributed by atoms with E-state index in [4.69, 9.17) is 4.74 Å². The molecule has 48 valence electrons. The third kappa shape index (κ3) is 2.55. The number of para-hydroxylation sites is 1. The number of benzene rings is 1. The van der Waals surface area contributed by atoms with Crippen LogP contribution in [0, 0.1) is 0 Å². The van der Waals surface area contributed by atoms with E-state index in [0.717, 1.165) is 5.75 Å². The van der Waals surface area contributed by atoms with Gasteiger partial charge in [-0.25, -0.2) is 0 Å². The Bertz CT molecular complexity index is 150. The maximum atomic E-state index is 4.91. The maximum absolute atomic E-state index is 4.91. The van der Waals surface area contributed by atoms with E-state index >= 15 is 0 Å². The molecule has 0 aliphatic rings. The van der Waals surface area contributed by atoms with Gasteiger partial charge in [0.05, 0.1) is 7.11 Å². The Kier molecular flexibility index (Phi) is 4.21. The summed E-state index contributed by atoms with van der Waals surface area (Å²) >= 11 is 0. The van der Waals surface area contributed by atoms with E-state index in [-0.39, 0.29) is 17.4 Å². The van der Waals surface area contributed by atoms with Crippen LogP contribution in [0.25, 0.3) is 0 Å². The molecule has 0 atom stereocenters. The van der Waals surface area contributed by atoms with Gasteiger partial charge in [0.1, 0.15) is 5.75 Å². The number of rotatable bonds is 1. The van der Waals surface area contributed by atoms with Crippen molar-refractivity contribution in [1.82, 2.24) is 0 Å². The molecule has 2 heteroatoms. The summed E-state index contributed by atoms with van der Waals surface area (Å²) in [6.07, 6.45) is 0. The van der Waals surface area contributed by atoms with Gasteiger partial charge in [-0.3, -0.25) is 0 Å². The van der Waals surface area contributed by atoms with Gasteiger partial charge in [-0.2, -0.15) is 0 Å². The van der Waals surface area contributed by atoms with Crippen molar-refractivity contribution in [2.24, 2.45) is 0 Å². The minimum absolute atomic E-state index is 0. The zero-order valence-electron chi connectivity index (χ0n) is 5.20. The van der Waals surface area contributed by atoms with E-state index in [0.29, 0.717) is 0 Å². The first-order chi connectivity index (χ1) is 3.93. The molecule has 0 fully saturated rings. The molecule has 0 aliphatic carbocycles. The van der Waals surface area contributed by atoms with Gasteiger partial charge in [-0.15, -0.1) is 0 Å². The SMILES string of the molecule is COc1ccccc1.[Cr]. The summed E-state index contributed by atoms with van der Waals surface area (Å²) in [7, 11) is 1.66. The fourth-order valence-electron chi connectivity index (χ4n) is 0.557. The molecule has 1 aromatic rings. The second kappa shape index (κ2) is 4.43. The van der Waals surface area contributed by atoms with Crippen molar-refractivity contribution in [2.45, 2.75) is 0 Å². The standard InChI is InChI=1S/C7H8O.Cr/c1-8-7-5-3-2-4-6-7;/h2-6H,1H3;. The summed E-state index contributed by atoms with van der Waals surface area (Å²) in [5, 5.41) is 0. The minimum Gasteiger partial charge on any atom is -0.497 e. The minimum atomic E-state index is 0. The molecule has 0 heterocycles. The Labute approximate surface area is 65.8 Å². The fourth-order valence-corrected chi connectivity index (χ4v) is 0.557. The molecule has 9 heavy (non-hydrogen) atoms. The Morgan fingerprint density at radius 3 is 2.00 bits per heavy atom. The van der Waals surface area contributed by atoms with E-state index in [2.05, 4.69) is 0 Å². The maximum Gasteiger partial charge on any atom is 0.118 e. The van der Waals surface area contributed by atoms with Gasteiger partial charge in [0.2, 0.25) is 0 Å². The average molecular weight is 160 g/mol. The van der Waals surface area contributed by atoms with Crippen LogP contribution in [0.4, 0.5) is 0 Å². The monoisotopic (exact) mass is 160 g/mol. The molecule has 0 spiro atoms. The number of hydrogen-bond acceptors (Lipinski definition) is 1. The van der Waals surface area contributed by atoms with E-state index in [1.54, 1.807) is 7.11 Å². The molecule has 1 nitrogen and oxygen atoms in total. The van der Waals surface area contributed by atoms with Crippen LogP contribution in [0.1, 0.15) is 0 Å². The first-order valence-electron chi connectivity index (χ1n) is 2.52. The van der Waals surface area contributed by atoms with Crippen molar-refractivity contribution >= 4 is 0 Å². The summed E-state index contributed by atoms with van der Waals surface area (Å²) in [5.41, 5.74) is 0. The molecule has 0 aromatic heterocycles. The predicted molar refractivity (Wildman–Crippen MR) is 33.0 cm³/mol. The van der Waals surface area contributed by atoms with Crippen molar-refractivity contribution in [2.75, 3.05) is 7.11 Å². The first-order valence-corrected chi connectivity index (χ1v) is 2.52. The van der Waals surface area contributed by atoms with Gasteiger partial charge in [0, 0.05) is 17.4 Å². The Morgan fingerprint density at radius 1 is 1.11 bits per heavy atom. The van der Waals surface area contributed by atoms with Crippen molar-refractivity contribution in [3.63, 3.8) is 0 Å². The van der Waals surface area contributed by atoms with E-state index in [1.165, 1.54) is 0 Å². The Hall–Kier alpha value is -0.448. The average Bonchev–Trinajstić information content (AvgIpc) is 1.90. The van der Waals surface area contributed by atoms with Crippen LogP contribution in [0.3, 0.4) is 0 Å². The molecule has 0 radical (unpaired) electrons. The van der Waals surface area contributed by atoms with E-state index < -0.39 is 0 Å². The summed E-state index contributed by atoms with van der Waals surface area (Å²) in [6.45, 7) is 0. The molecule has 0 saturated carbocycles. The smallest absolute Gasteiger partial charge is 0.118 e. The Balaban J connectivity index is 0.000000640. The third-order valence-electron chi connectivity index (χ3n) is 0.979. The van der Waals surface area contributed by atoms with Crippen molar-refractivity contribution < 1.29 is 22.1 Å². The predicted octanol–water partition coefficient (Wildman–Crippen LogP) is 1.69. The second-order valence-electron chi connectivity index (χ2n) is 1.52. The van der Waals surface area contributed by atoms with Crippen LogP contribution >= 0.6 is 0 Å². The zero-order valence-corrected chi connectivity index (χ0v) is 6.48. The van der Waals surface area contributed by atoms with Gasteiger partial charge in [0.25, 0.3) is 0 Å². The van der Waals surface area contributed by atoms with Gasteiger partial charge in [-0.05, 0) is 12.1 Å². The van der Waals surface area contributed by atoms with Gasteiger partial charge in [0.15, 0.2) is 0 Å². The normalized spacial score (nSPS) is 7.67. The molecule has 0 amide bonds. The molecular formula is C7H8CrO. The van der Waals surface area contributed by atoms with Crippen LogP contribution < -0.4 is 4.74 Å². The number of hydrogen-bond donors (Lipinski definition) is 0. The second-order valence-corrected chi connectivity index (χ2v) is 1.52. The zero-order chi connectivity index (χ0) is 5.82. The van der Waals surface area contributed by atoms with Crippen molar-refractivity contribution in [1.29, 1.82) is 0 Å². The van der Waals surface area contributed by atoms with Crippen molar-refractivity contribution in [3.05, 3.63) is 30.3 Å². The molecule has 0 N–H and O–H groups in total. The van der Waals surface area contributed by atoms with Gasteiger partial charge < -0.3 is 4.74 Å². The number of ether oxygens (including phenoxy) is 1. The quantitative estimate of drug-likeness (QED) is 0.607. The van der Waals surface area contributed by atoms with E-state index in [9.17, 15) is 0 Å². The summed E-state index contributed by atoms with van der Waals surface area (Å²) in [4.78, 5) is 0. The number of methoxy groups -OCH3 is 1. The largest absolute Gasteiger partial charge is 0.497 e. The van der Waals surface area contributed by atoms with E-state index in [1.807, 2.05) is 30.3 Å².